The smallest absolute Gasteiger partial charge is 0.317 e. The molecule has 2 heterocycles. The fourth-order valence-electron chi connectivity index (χ4n) is 4.19. The molecular formula is C18H24F3N3O2S. The number of halogens is 3. The molecule has 2 atom stereocenters. The van der Waals surface area contributed by atoms with Crippen molar-refractivity contribution < 1.29 is 21.6 Å². The van der Waals surface area contributed by atoms with Gasteiger partial charge in [-0.05, 0) is 68.4 Å². The minimum atomic E-state index is -5.32. The predicted molar refractivity (Wildman–Crippen MR) is 97.2 cm³/mol. The minimum absolute atomic E-state index is 0.150. The van der Waals surface area contributed by atoms with Crippen LogP contribution in [0.5, 0.6) is 0 Å². The van der Waals surface area contributed by atoms with Gasteiger partial charge < -0.3 is 10.6 Å². The highest BCUT2D eigenvalue weighted by Gasteiger charge is 2.51. The molecule has 27 heavy (non-hydrogen) atoms. The number of alkyl halides is 3. The van der Waals surface area contributed by atoms with E-state index in [1.54, 1.807) is 6.07 Å². The summed E-state index contributed by atoms with van der Waals surface area (Å²) in [6.07, 6.45) is 3.71. The van der Waals surface area contributed by atoms with E-state index in [2.05, 4.69) is 10.6 Å². The van der Waals surface area contributed by atoms with E-state index in [9.17, 15) is 21.6 Å². The third kappa shape index (κ3) is 3.69. The van der Waals surface area contributed by atoms with E-state index >= 15 is 0 Å². The lowest BCUT2D eigenvalue weighted by Gasteiger charge is -2.23. The van der Waals surface area contributed by atoms with Gasteiger partial charge in [0, 0.05) is 18.5 Å². The van der Waals surface area contributed by atoms with Crippen LogP contribution in [0, 0.1) is 5.92 Å². The summed E-state index contributed by atoms with van der Waals surface area (Å²) in [5.41, 5.74) is -3.34. The lowest BCUT2D eigenvalue weighted by atomic mass is 9.98. The van der Waals surface area contributed by atoms with Gasteiger partial charge in [0.05, 0.1) is 5.69 Å². The van der Waals surface area contributed by atoms with E-state index < -0.39 is 15.5 Å². The second kappa shape index (κ2) is 6.93. The van der Waals surface area contributed by atoms with Gasteiger partial charge in [0.25, 0.3) is 0 Å². The summed E-state index contributed by atoms with van der Waals surface area (Å²) < 4.78 is 62.5. The van der Waals surface area contributed by atoms with Crippen molar-refractivity contribution in [2.75, 3.05) is 30.5 Å². The van der Waals surface area contributed by atoms with E-state index in [0.29, 0.717) is 34.2 Å². The fraction of sp³-hybridized carbons (Fsp3) is 0.667. The Morgan fingerprint density at radius 1 is 1.22 bits per heavy atom. The zero-order chi connectivity index (χ0) is 19.2. The number of nitrogens with one attached hydrogen (secondary N) is 2. The molecule has 1 aromatic carbocycles. The Balaban J connectivity index is 1.40. The van der Waals surface area contributed by atoms with Crippen molar-refractivity contribution in [3.63, 3.8) is 0 Å². The van der Waals surface area contributed by atoms with E-state index in [1.165, 1.54) is 18.9 Å². The van der Waals surface area contributed by atoms with Crippen LogP contribution in [-0.2, 0) is 16.4 Å². The first-order chi connectivity index (χ1) is 12.8. The molecule has 0 bridgehead atoms. The number of rotatable bonds is 5. The van der Waals surface area contributed by atoms with Crippen LogP contribution in [0.15, 0.2) is 18.2 Å². The summed E-state index contributed by atoms with van der Waals surface area (Å²) in [5.74, 6) is 1.07. The van der Waals surface area contributed by atoms with Gasteiger partial charge in [-0.15, -0.1) is 0 Å². The Morgan fingerprint density at radius 3 is 2.67 bits per heavy atom. The van der Waals surface area contributed by atoms with E-state index in [4.69, 9.17) is 0 Å². The molecule has 3 aliphatic rings. The van der Waals surface area contributed by atoms with Crippen LogP contribution in [0.2, 0.25) is 0 Å². The van der Waals surface area contributed by atoms with Crippen LogP contribution in [0.25, 0.3) is 0 Å². The number of hydrogen-bond donors (Lipinski definition) is 2. The predicted octanol–water partition coefficient (Wildman–Crippen LogP) is 2.34. The van der Waals surface area contributed by atoms with Crippen LogP contribution < -0.4 is 14.9 Å². The van der Waals surface area contributed by atoms with Gasteiger partial charge in [0.2, 0.25) is 0 Å². The lowest BCUT2D eigenvalue weighted by molar-refractivity contribution is -0.0437. The van der Waals surface area contributed by atoms with Crippen molar-refractivity contribution in [1.29, 1.82) is 0 Å². The molecule has 1 aromatic rings. The highest BCUT2D eigenvalue weighted by atomic mass is 32.2. The first-order valence-corrected chi connectivity index (χ1v) is 10.9. The molecule has 0 amide bonds. The Labute approximate surface area is 157 Å². The van der Waals surface area contributed by atoms with Crippen molar-refractivity contribution in [3.8, 4) is 0 Å². The van der Waals surface area contributed by atoms with Gasteiger partial charge in [-0.3, -0.25) is 4.31 Å². The van der Waals surface area contributed by atoms with Crippen molar-refractivity contribution in [1.82, 2.24) is 10.6 Å². The quantitative estimate of drug-likeness (QED) is 0.792. The normalized spacial score (nSPS) is 26.3. The number of hydrogen-bond acceptors (Lipinski definition) is 4. The molecular weight excluding hydrogens is 379 g/mol. The molecule has 1 saturated heterocycles. The van der Waals surface area contributed by atoms with Crippen molar-refractivity contribution in [2.24, 2.45) is 5.92 Å². The zero-order valence-corrected chi connectivity index (χ0v) is 15.7. The summed E-state index contributed by atoms with van der Waals surface area (Å²) in [7, 11) is -5.32. The van der Waals surface area contributed by atoms with Crippen molar-refractivity contribution in [3.05, 3.63) is 29.3 Å². The van der Waals surface area contributed by atoms with E-state index in [0.717, 1.165) is 31.6 Å². The van der Waals surface area contributed by atoms with Gasteiger partial charge >= 0.3 is 15.5 Å². The first kappa shape index (κ1) is 19.0. The minimum Gasteiger partial charge on any atom is -0.317 e. The number of sulfonamides is 1. The maximum atomic E-state index is 12.8. The molecule has 1 saturated carbocycles. The highest BCUT2D eigenvalue weighted by Crippen LogP contribution is 2.44. The average Bonchev–Trinajstić information content (AvgIpc) is 3.28. The maximum Gasteiger partial charge on any atom is 0.516 e. The number of benzene rings is 1. The second-order valence-corrected chi connectivity index (χ2v) is 9.57. The largest absolute Gasteiger partial charge is 0.516 e. The summed E-state index contributed by atoms with van der Waals surface area (Å²) in [5, 5.41) is 6.97. The third-order valence-corrected chi connectivity index (χ3v) is 7.43. The lowest BCUT2D eigenvalue weighted by Crippen LogP contribution is -2.39. The summed E-state index contributed by atoms with van der Waals surface area (Å²) in [6, 6.07) is 5.61. The zero-order valence-electron chi connectivity index (χ0n) is 14.9. The molecule has 5 nitrogen and oxygen atoms in total. The van der Waals surface area contributed by atoms with Gasteiger partial charge in [0.1, 0.15) is 0 Å². The molecule has 2 unspecified atom stereocenters. The Bertz CT molecular complexity index is 807. The number of piperidine rings is 1. The summed E-state index contributed by atoms with van der Waals surface area (Å²) in [4.78, 5) is 0. The van der Waals surface area contributed by atoms with E-state index in [-0.39, 0.29) is 12.2 Å². The van der Waals surface area contributed by atoms with Crippen molar-refractivity contribution >= 4 is 15.7 Å². The fourth-order valence-corrected chi connectivity index (χ4v) is 5.21. The molecule has 1 aliphatic carbocycles. The molecule has 150 valence electrons. The van der Waals surface area contributed by atoms with Crippen LogP contribution >= 0.6 is 0 Å². The highest BCUT2D eigenvalue weighted by molar-refractivity contribution is 7.93. The van der Waals surface area contributed by atoms with E-state index in [1.807, 2.05) is 6.07 Å². The third-order valence-electron chi connectivity index (χ3n) is 5.89. The number of nitrogens with zero attached hydrogens (tertiary/aromatic N) is 1. The first-order valence-electron chi connectivity index (χ1n) is 9.43. The van der Waals surface area contributed by atoms with Crippen LogP contribution in [0.3, 0.4) is 0 Å². The standard InChI is InChI=1S/C18H24F3N3O2S/c19-18(20,21)27(25,26)24-8-5-14-9-13(1-2-17(14)24)15-10-16(15)23-11-12-3-6-22-7-4-12/h1-2,9,12,15-16,22-23H,3-8,10-11H2. The topological polar surface area (TPSA) is 61.4 Å². The molecule has 2 aliphatic heterocycles. The van der Waals surface area contributed by atoms with Gasteiger partial charge in [-0.1, -0.05) is 12.1 Å². The molecule has 9 heteroatoms. The molecule has 0 spiro atoms. The van der Waals surface area contributed by atoms with Gasteiger partial charge in [0.15, 0.2) is 0 Å². The Morgan fingerprint density at radius 2 is 1.96 bits per heavy atom. The van der Waals surface area contributed by atoms with Gasteiger partial charge in [-0.25, -0.2) is 0 Å². The summed E-state index contributed by atoms with van der Waals surface area (Å²) in [6.45, 7) is 3.00. The maximum absolute atomic E-state index is 12.8. The molecule has 2 N–H and O–H groups in total. The van der Waals surface area contributed by atoms with Crippen LogP contribution in [0.4, 0.5) is 18.9 Å². The van der Waals surface area contributed by atoms with Gasteiger partial charge in [-0.2, -0.15) is 21.6 Å². The summed E-state index contributed by atoms with van der Waals surface area (Å²) >= 11 is 0. The SMILES string of the molecule is O=S(=O)(N1CCc2cc(C3CC3NCC3CCNCC3)ccc21)C(F)(F)F. The molecule has 2 fully saturated rings. The number of fused-ring (bicyclic) bond motifs is 1. The molecule has 4 rings (SSSR count). The Hall–Kier alpha value is -1.32. The molecule has 0 radical (unpaired) electrons. The number of anilines is 1. The Kier molecular flexibility index (Phi) is 4.88. The van der Waals surface area contributed by atoms with Crippen molar-refractivity contribution in [2.45, 2.75) is 43.2 Å². The van der Waals surface area contributed by atoms with Crippen LogP contribution in [0.1, 0.15) is 36.3 Å². The monoisotopic (exact) mass is 403 g/mol. The second-order valence-electron chi connectivity index (χ2n) is 7.71. The average molecular weight is 403 g/mol. The van der Waals surface area contributed by atoms with Crippen LogP contribution in [-0.4, -0.2) is 46.1 Å². The molecule has 0 aromatic heterocycles.